The molecule has 3 fully saturated rings. The quantitative estimate of drug-likeness (QED) is 0.718. The number of alkyl carbamates (subject to hydrolysis) is 1. The van der Waals surface area contributed by atoms with E-state index in [1.54, 1.807) is 25.7 Å². The van der Waals surface area contributed by atoms with E-state index >= 15 is 0 Å². The van der Waals surface area contributed by atoms with Crippen LogP contribution in [0.1, 0.15) is 40.0 Å². The van der Waals surface area contributed by atoms with Crippen LogP contribution in [0.5, 0.6) is 0 Å². The lowest BCUT2D eigenvalue weighted by Gasteiger charge is -2.32. The molecule has 3 rings (SSSR count). The van der Waals surface area contributed by atoms with Gasteiger partial charge >= 0.3 is 12.1 Å². The molecule has 0 radical (unpaired) electrons. The lowest BCUT2D eigenvalue weighted by atomic mass is 9.85. The van der Waals surface area contributed by atoms with Crippen molar-refractivity contribution in [3.63, 3.8) is 0 Å². The third-order valence-corrected chi connectivity index (χ3v) is 5.85. The van der Waals surface area contributed by atoms with Crippen LogP contribution in [-0.2, 0) is 19.1 Å². The maximum atomic E-state index is 13.3. The molecule has 0 saturated carbocycles. The zero-order valence-electron chi connectivity index (χ0n) is 16.9. The fourth-order valence-corrected chi connectivity index (χ4v) is 4.90. The number of nitrogens with one attached hydrogen (secondary N) is 1. The van der Waals surface area contributed by atoms with Crippen LogP contribution in [0.15, 0.2) is 0 Å². The molecule has 0 aromatic carbocycles. The van der Waals surface area contributed by atoms with Gasteiger partial charge in [0.15, 0.2) is 0 Å². The minimum absolute atomic E-state index is 0.0157. The molecule has 27 heavy (non-hydrogen) atoms. The molecule has 0 aliphatic carbocycles. The first-order valence-corrected chi connectivity index (χ1v) is 9.68. The standard InChI is InChI=1S/C19H31N3O5/c1-19(2,3)27-18(25)20-13-8-11-9-21(4)10-12(11)14-6-7-15(17(24)26-5)22(14)16(13)23/h11-15H,6-10H2,1-5H3,(H,20,25)/t11?,12-,13-,14+,15-/m0/s1. The van der Waals surface area contributed by atoms with Gasteiger partial charge in [0.05, 0.1) is 7.11 Å². The Morgan fingerprint density at radius 1 is 1.19 bits per heavy atom. The molecule has 8 heteroatoms. The molecule has 8 nitrogen and oxygen atoms in total. The number of carbonyl (C=O) groups excluding carboxylic acids is 3. The van der Waals surface area contributed by atoms with Gasteiger partial charge in [-0.25, -0.2) is 9.59 Å². The first-order valence-electron chi connectivity index (χ1n) is 9.68. The summed E-state index contributed by atoms with van der Waals surface area (Å²) in [4.78, 5) is 41.8. The third-order valence-electron chi connectivity index (χ3n) is 5.85. The predicted molar refractivity (Wildman–Crippen MR) is 97.9 cm³/mol. The van der Waals surface area contributed by atoms with E-state index in [2.05, 4.69) is 17.3 Å². The minimum atomic E-state index is -0.686. The summed E-state index contributed by atoms with van der Waals surface area (Å²) in [5, 5.41) is 2.76. The summed E-state index contributed by atoms with van der Waals surface area (Å²) in [6.07, 6.45) is 1.36. The Labute approximate surface area is 160 Å². The number of hydrogen-bond acceptors (Lipinski definition) is 6. The SMILES string of the molecule is COC(=O)[C@@H]1CC[C@@H]2[C@H]3CN(C)CC3C[C@H](NC(=O)OC(C)(C)C)C(=O)N21. The van der Waals surface area contributed by atoms with E-state index in [1.165, 1.54) is 7.11 Å². The van der Waals surface area contributed by atoms with E-state index in [4.69, 9.17) is 9.47 Å². The Hall–Kier alpha value is -1.83. The van der Waals surface area contributed by atoms with Crippen LogP contribution in [0, 0.1) is 11.8 Å². The predicted octanol–water partition coefficient (Wildman–Crippen LogP) is 0.994. The van der Waals surface area contributed by atoms with Gasteiger partial charge in [0.25, 0.3) is 0 Å². The van der Waals surface area contributed by atoms with Crippen LogP contribution in [0.2, 0.25) is 0 Å². The number of likely N-dealkylation sites (tertiary alicyclic amines) is 1. The van der Waals surface area contributed by atoms with Gasteiger partial charge in [0.2, 0.25) is 5.91 Å². The summed E-state index contributed by atoms with van der Waals surface area (Å²) in [7, 11) is 3.42. The van der Waals surface area contributed by atoms with Crippen molar-refractivity contribution in [2.45, 2.75) is 63.8 Å². The summed E-state index contributed by atoms with van der Waals surface area (Å²) in [5.41, 5.74) is -0.640. The monoisotopic (exact) mass is 381 g/mol. The summed E-state index contributed by atoms with van der Waals surface area (Å²) in [6.45, 7) is 7.14. The van der Waals surface area contributed by atoms with Gasteiger partial charge in [0, 0.05) is 19.1 Å². The Kier molecular flexibility index (Phi) is 5.38. The first kappa shape index (κ1) is 19.9. The maximum absolute atomic E-state index is 13.3. The van der Waals surface area contributed by atoms with E-state index < -0.39 is 23.8 Å². The van der Waals surface area contributed by atoms with Crippen molar-refractivity contribution in [2.24, 2.45) is 11.8 Å². The molecule has 5 atom stereocenters. The highest BCUT2D eigenvalue weighted by Gasteiger charge is 2.53. The molecule has 0 aromatic rings. The first-order chi connectivity index (χ1) is 12.6. The molecule has 3 saturated heterocycles. The highest BCUT2D eigenvalue weighted by atomic mass is 16.6. The van der Waals surface area contributed by atoms with Gasteiger partial charge in [-0.1, -0.05) is 0 Å². The Balaban J connectivity index is 1.85. The fraction of sp³-hybridized carbons (Fsp3) is 0.842. The number of rotatable bonds is 2. The van der Waals surface area contributed by atoms with E-state index in [9.17, 15) is 14.4 Å². The molecule has 3 aliphatic heterocycles. The van der Waals surface area contributed by atoms with Crippen molar-refractivity contribution in [2.75, 3.05) is 27.2 Å². The lowest BCUT2D eigenvalue weighted by molar-refractivity contribution is -0.153. The number of fused-ring (bicyclic) bond motifs is 3. The van der Waals surface area contributed by atoms with Gasteiger partial charge in [-0.3, -0.25) is 4.79 Å². The Bertz CT molecular complexity index is 617. The number of nitrogens with zero attached hydrogens (tertiary/aromatic N) is 2. The van der Waals surface area contributed by atoms with Crippen molar-refractivity contribution in [1.29, 1.82) is 0 Å². The second-order valence-corrected chi connectivity index (χ2v) is 9.01. The summed E-state index contributed by atoms with van der Waals surface area (Å²) in [6, 6.07) is -1.24. The number of esters is 1. The fourth-order valence-electron chi connectivity index (χ4n) is 4.90. The number of methoxy groups -OCH3 is 1. The summed E-state index contributed by atoms with van der Waals surface area (Å²) in [5.74, 6) is 0.0202. The number of ether oxygens (including phenoxy) is 2. The zero-order valence-corrected chi connectivity index (χ0v) is 16.9. The average molecular weight is 381 g/mol. The van der Waals surface area contributed by atoms with Crippen LogP contribution in [-0.4, -0.2) is 78.7 Å². The minimum Gasteiger partial charge on any atom is -0.467 e. The molecule has 1 N–H and O–H groups in total. The molecule has 3 heterocycles. The van der Waals surface area contributed by atoms with Crippen LogP contribution in [0.3, 0.4) is 0 Å². The molecule has 0 aromatic heterocycles. The molecule has 152 valence electrons. The highest BCUT2D eigenvalue weighted by Crippen LogP contribution is 2.41. The van der Waals surface area contributed by atoms with Crippen LogP contribution in [0.25, 0.3) is 0 Å². The molecule has 0 spiro atoms. The topological polar surface area (TPSA) is 88.2 Å². The van der Waals surface area contributed by atoms with Gasteiger partial charge in [-0.2, -0.15) is 0 Å². The number of carbonyl (C=O) groups is 3. The second-order valence-electron chi connectivity index (χ2n) is 9.01. The molecule has 3 aliphatic rings. The molecular formula is C19H31N3O5. The van der Waals surface area contributed by atoms with Crippen molar-refractivity contribution < 1.29 is 23.9 Å². The van der Waals surface area contributed by atoms with E-state index in [-0.39, 0.29) is 17.9 Å². The van der Waals surface area contributed by atoms with Gasteiger partial charge in [-0.05, 0) is 58.9 Å². The normalized spacial score (nSPS) is 33.9. The Morgan fingerprint density at radius 3 is 2.52 bits per heavy atom. The lowest BCUT2D eigenvalue weighted by Crippen LogP contribution is -2.54. The van der Waals surface area contributed by atoms with Gasteiger partial charge in [-0.15, -0.1) is 0 Å². The highest BCUT2D eigenvalue weighted by molar-refractivity contribution is 5.91. The van der Waals surface area contributed by atoms with E-state index in [0.29, 0.717) is 24.7 Å². The number of amides is 2. The summed E-state index contributed by atoms with van der Waals surface area (Å²) < 4.78 is 10.3. The van der Waals surface area contributed by atoms with Gasteiger partial charge < -0.3 is 24.6 Å². The van der Waals surface area contributed by atoms with Crippen molar-refractivity contribution in [3.05, 3.63) is 0 Å². The van der Waals surface area contributed by atoms with Crippen molar-refractivity contribution >= 4 is 18.0 Å². The molecule has 0 bridgehead atoms. The van der Waals surface area contributed by atoms with Crippen LogP contribution in [0.4, 0.5) is 4.79 Å². The van der Waals surface area contributed by atoms with Crippen LogP contribution >= 0.6 is 0 Å². The number of hydrogen-bond donors (Lipinski definition) is 1. The van der Waals surface area contributed by atoms with E-state index in [1.807, 2.05) is 0 Å². The summed E-state index contributed by atoms with van der Waals surface area (Å²) >= 11 is 0. The van der Waals surface area contributed by atoms with Gasteiger partial charge in [0.1, 0.15) is 17.7 Å². The Morgan fingerprint density at radius 2 is 1.89 bits per heavy atom. The molecule has 1 unspecified atom stereocenters. The smallest absolute Gasteiger partial charge is 0.408 e. The molecular weight excluding hydrogens is 350 g/mol. The molecule has 2 amide bonds. The average Bonchev–Trinajstić information content (AvgIpc) is 3.12. The van der Waals surface area contributed by atoms with Crippen LogP contribution < -0.4 is 5.32 Å². The second kappa shape index (κ2) is 7.30. The maximum Gasteiger partial charge on any atom is 0.408 e. The van der Waals surface area contributed by atoms with E-state index in [0.717, 1.165) is 19.5 Å². The third kappa shape index (κ3) is 4.05. The van der Waals surface area contributed by atoms with Crippen molar-refractivity contribution in [1.82, 2.24) is 15.1 Å². The zero-order chi connectivity index (χ0) is 19.9. The van der Waals surface area contributed by atoms with Crippen molar-refractivity contribution in [3.8, 4) is 0 Å². The largest absolute Gasteiger partial charge is 0.467 e.